The van der Waals surface area contributed by atoms with Crippen molar-refractivity contribution in [2.45, 2.75) is 6.54 Å². The number of nitrogens with zero attached hydrogens (tertiary/aromatic N) is 1. The van der Waals surface area contributed by atoms with Crippen LogP contribution in [-0.4, -0.2) is 17.1 Å². The summed E-state index contributed by atoms with van der Waals surface area (Å²) in [5.41, 5.74) is 2.53. The molecule has 0 atom stereocenters. The number of carbonyl (C=O) groups excluding carboxylic acids is 2. The van der Waals surface area contributed by atoms with E-state index in [9.17, 15) is 9.59 Å². The van der Waals surface area contributed by atoms with Crippen molar-refractivity contribution in [3.05, 3.63) is 99.1 Å². The number of amides is 3. The smallest absolute Gasteiger partial charge is 0.323 e. The van der Waals surface area contributed by atoms with E-state index in [1.807, 2.05) is 18.2 Å². The Morgan fingerprint density at radius 3 is 2.32 bits per heavy atom. The lowest BCUT2D eigenvalue weighted by atomic mass is 10.1. The van der Waals surface area contributed by atoms with E-state index in [-0.39, 0.29) is 12.5 Å². The minimum Gasteiger partial charge on any atom is -0.356 e. The Kier molecular flexibility index (Phi) is 7.37. The number of benzene rings is 3. The molecular formula is C24H17Cl3N4O3. The van der Waals surface area contributed by atoms with Gasteiger partial charge in [0.1, 0.15) is 5.69 Å². The first kappa shape index (κ1) is 23.6. The van der Waals surface area contributed by atoms with E-state index in [1.165, 1.54) is 6.07 Å². The van der Waals surface area contributed by atoms with Crippen molar-refractivity contribution in [2.24, 2.45) is 0 Å². The summed E-state index contributed by atoms with van der Waals surface area (Å²) in [6.07, 6.45) is 0. The number of carbonyl (C=O) groups is 2. The Bertz CT molecular complexity index is 1360. The van der Waals surface area contributed by atoms with Crippen molar-refractivity contribution in [2.75, 3.05) is 10.6 Å². The number of aromatic nitrogens is 1. The first-order valence-electron chi connectivity index (χ1n) is 10.0. The molecule has 1 heterocycles. The summed E-state index contributed by atoms with van der Waals surface area (Å²) in [7, 11) is 0. The van der Waals surface area contributed by atoms with Gasteiger partial charge in [-0.05, 0) is 48.5 Å². The van der Waals surface area contributed by atoms with Crippen LogP contribution in [0.5, 0.6) is 0 Å². The number of urea groups is 1. The molecule has 4 rings (SSSR count). The van der Waals surface area contributed by atoms with E-state index >= 15 is 0 Å². The van der Waals surface area contributed by atoms with Crippen molar-refractivity contribution in [3.63, 3.8) is 0 Å². The maximum absolute atomic E-state index is 12.6. The van der Waals surface area contributed by atoms with Crippen LogP contribution < -0.4 is 16.0 Å². The second-order valence-electron chi connectivity index (χ2n) is 7.13. The van der Waals surface area contributed by atoms with Gasteiger partial charge in [-0.15, -0.1) is 0 Å². The molecule has 1 aromatic heterocycles. The summed E-state index contributed by atoms with van der Waals surface area (Å²) in [6, 6.07) is 19.7. The number of hydrogen-bond donors (Lipinski definition) is 3. The topological polar surface area (TPSA) is 96.3 Å². The van der Waals surface area contributed by atoms with Gasteiger partial charge in [0.2, 0.25) is 0 Å². The number of nitrogens with one attached hydrogen (secondary N) is 3. The highest BCUT2D eigenvalue weighted by atomic mass is 35.5. The molecule has 0 aliphatic rings. The van der Waals surface area contributed by atoms with E-state index in [0.29, 0.717) is 49.0 Å². The zero-order valence-corrected chi connectivity index (χ0v) is 19.7. The Balaban J connectivity index is 1.35. The molecule has 0 radical (unpaired) electrons. The van der Waals surface area contributed by atoms with Crippen LogP contribution in [0.15, 0.2) is 77.3 Å². The van der Waals surface area contributed by atoms with Gasteiger partial charge < -0.3 is 20.5 Å². The highest BCUT2D eigenvalue weighted by Crippen LogP contribution is 2.28. The minimum absolute atomic E-state index is 0.155. The molecule has 3 amide bonds. The second-order valence-corrected chi connectivity index (χ2v) is 8.36. The Morgan fingerprint density at radius 1 is 0.794 bits per heavy atom. The summed E-state index contributed by atoms with van der Waals surface area (Å²) in [4.78, 5) is 24.9. The summed E-state index contributed by atoms with van der Waals surface area (Å²) in [5.74, 6) is 0.171. The molecule has 34 heavy (non-hydrogen) atoms. The van der Waals surface area contributed by atoms with E-state index in [0.717, 1.165) is 0 Å². The molecular weight excluding hydrogens is 499 g/mol. The van der Waals surface area contributed by atoms with Gasteiger partial charge in [0.05, 0.1) is 21.6 Å². The quantitative estimate of drug-likeness (QED) is 0.261. The van der Waals surface area contributed by atoms with Gasteiger partial charge >= 0.3 is 6.03 Å². The van der Waals surface area contributed by atoms with Crippen LogP contribution in [0, 0.1) is 0 Å². The Labute approximate surface area is 210 Å². The third-order valence-electron chi connectivity index (χ3n) is 4.69. The van der Waals surface area contributed by atoms with Crippen LogP contribution in [-0.2, 0) is 6.54 Å². The molecule has 0 aliphatic carbocycles. The van der Waals surface area contributed by atoms with Gasteiger partial charge in [-0.2, -0.15) is 0 Å². The number of hydrogen-bond acceptors (Lipinski definition) is 4. The predicted molar refractivity (Wildman–Crippen MR) is 134 cm³/mol. The molecule has 172 valence electrons. The predicted octanol–water partition coefficient (Wildman–Crippen LogP) is 6.88. The maximum Gasteiger partial charge on any atom is 0.323 e. The lowest BCUT2D eigenvalue weighted by Crippen LogP contribution is -2.23. The number of anilines is 2. The summed E-state index contributed by atoms with van der Waals surface area (Å²) < 4.78 is 5.34. The molecule has 0 spiro atoms. The number of rotatable bonds is 6. The fourth-order valence-electron chi connectivity index (χ4n) is 3.06. The zero-order valence-electron chi connectivity index (χ0n) is 17.4. The first-order valence-corrected chi connectivity index (χ1v) is 11.1. The molecule has 0 fully saturated rings. The van der Waals surface area contributed by atoms with Gasteiger partial charge in [-0.1, -0.05) is 58.2 Å². The molecule has 10 heteroatoms. The van der Waals surface area contributed by atoms with Gasteiger partial charge in [0.25, 0.3) is 5.91 Å². The molecule has 0 unspecified atom stereocenters. The van der Waals surface area contributed by atoms with Crippen LogP contribution in [0.2, 0.25) is 15.1 Å². The Hall–Kier alpha value is -3.52. The van der Waals surface area contributed by atoms with Crippen LogP contribution in [0.25, 0.3) is 11.3 Å². The SMILES string of the molecule is O=C(Nc1cccc(C(=O)NCc2cc(-c3ccccc3Cl)on2)c1)Nc1ccc(Cl)c(Cl)c1. The maximum atomic E-state index is 12.6. The van der Waals surface area contributed by atoms with Crippen molar-refractivity contribution >= 4 is 58.1 Å². The fraction of sp³-hybridized carbons (Fsp3) is 0.0417. The monoisotopic (exact) mass is 514 g/mol. The lowest BCUT2D eigenvalue weighted by Gasteiger charge is -2.10. The average molecular weight is 516 g/mol. The highest BCUT2D eigenvalue weighted by Gasteiger charge is 2.12. The van der Waals surface area contributed by atoms with E-state index in [1.54, 1.807) is 48.5 Å². The van der Waals surface area contributed by atoms with Crippen LogP contribution in [0.1, 0.15) is 16.1 Å². The largest absolute Gasteiger partial charge is 0.356 e. The summed E-state index contributed by atoms with van der Waals surface area (Å²) in [5, 5.41) is 13.3. The summed E-state index contributed by atoms with van der Waals surface area (Å²) in [6.45, 7) is 0.155. The van der Waals surface area contributed by atoms with Crippen molar-refractivity contribution in [1.29, 1.82) is 0 Å². The highest BCUT2D eigenvalue weighted by molar-refractivity contribution is 6.42. The molecule has 4 aromatic rings. The zero-order chi connectivity index (χ0) is 24.1. The molecule has 0 saturated heterocycles. The van der Waals surface area contributed by atoms with Gasteiger partial charge in [0.15, 0.2) is 5.76 Å². The first-order chi connectivity index (χ1) is 16.4. The molecule has 0 saturated carbocycles. The van der Waals surface area contributed by atoms with Gasteiger partial charge in [0, 0.05) is 28.6 Å². The van der Waals surface area contributed by atoms with Crippen molar-refractivity contribution < 1.29 is 14.1 Å². The third-order valence-corrected chi connectivity index (χ3v) is 5.76. The van der Waals surface area contributed by atoms with Crippen molar-refractivity contribution in [3.8, 4) is 11.3 Å². The lowest BCUT2D eigenvalue weighted by molar-refractivity contribution is 0.0950. The van der Waals surface area contributed by atoms with Crippen LogP contribution in [0.4, 0.5) is 16.2 Å². The molecule has 0 aliphatic heterocycles. The molecule has 3 aromatic carbocycles. The van der Waals surface area contributed by atoms with E-state index in [4.69, 9.17) is 39.3 Å². The van der Waals surface area contributed by atoms with Crippen LogP contribution >= 0.6 is 34.8 Å². The van der Waals surface area contributed by atoms with Gasteiger partial charge in [-0.25, -0.2) is 4.79 Å². The average Bonchev–Trinajstić information content (AvgIpc) is 3.29. The molecule has 7 nitrogen and oxygen atoms in total. The van der Waals surface area contributed by atoms with Gasteiger partial charge in [-0.3, -0.25) is 4.79 Å². The standard InChI is InChI=1S/C24H17Cl3N4O3/c25-19-7-2-1-6-18(19)22-12-17(31-34-22)13-28-23(32)14-4-3-5-15(10-14)29-24(33)30-16-8-9-20(26)21(27)11-16/h1-12H,13H2,(H,28,32)(H2,29,30,33). The van der Waals surface area contributed by atoms with E-state index < -0.39 is 6.03 Å². The van der Waals surface area contributed by atoms with Crippen LogP contribution in [0.3, 0.4) is 0 Å². The molecule has 0 bridgehead atoms. The Morgan fingerprint density at radius 2 is 1.56 bits per heavy atom. The summed E-state index contributed by atoms with van der Waals surface area (Å²) >= 11 is 18.0. The fourth-order valence-corrected chi connectivity index (χ4v) is 3.59. The third kappa shape index (κ3) is 5.88. The van der Waals surface area contributed by atoms with E-state index in [2.05, 4.69) is 21.1 Å². The normalized spacial score (nSPS) is 10.6. The van der Waals surface area contributed by atoms with Crippen molar-refractivity contribution in [1.82, 2.24) is 10.5 Å². The number of halogens is 3. The molecule has 3 N–H and O–H groups in total. The minimum atomic E-state index is -0.495. The second kappa shape index (κ2) is 10.6.